The molecule has 2 heterocycles. The van der Waals surface area contributed by atoms with Crippen molar-refractivity contribution in [2.24, 2.45) is 0 Å². The smallest absolute Gasteiger partial charge is 0.249 e. The number of carbonyl (C=O) groups is 2. The molecule has 10 heteroatoms. The first kappa shape index (κ1) is 26.0. The lowest BCUT2D eigenvalue weighted by molar-refractivity contribution is -0.127. The Morgan fingerprint density at radius 2 is 1.63 bits per heavy atom. The minimum Gasteiger partial charge on any atom is -0.486 e. The van der Waals surface area contributed by atoms with Crippen molar-refractivity contribution in [3.8, 4) is 11.5 Å². The van der Waals surface area contributed by atoms with E-state index in [4.69, 9.17) is 9.47 Å². The fourth-order valence-corrected chi connectivity index (χ4v) is 4.80. The van der Waals surface area contributed by atoms with Crippen molar-refractivity contribution in [2.75, 3.05) is 18.1 Å². The summed E-state index contributed by atoms with van der Waals surface area (Å²) in [4.78, 5) is 29.6. The number of carbonyl (C=O) groups excluding carboxylic acids is 2. The molecule has 4 aromatic carbocycles. The predicted octanol–water partition coefficient (Wildman–Crippen LogP) is 4.43. The molecule has 1 aliphatic heterocycles. The van der Waals surface area contributed by atoms with Gasteiger partial charge in [0, 0.05) is 18.3 Å². The molecule has 0 saturated heterocycles. The van der Waals surface area contributed by atoms with Crippen molar-refractivity contribution in [3.63, 3.8) is 0 Å². The molecule has 6 rings (SSSR count). The summed E-state index contributed by atoms with van der Waals surface area (Å²) in [5, 5.41) is 11.3. The van der Waals surface area contributed by atoms with Crippen LogP contribution in [0.15, 0.2) is 97.1 Å². The topological polar surface area (TPSA) is 98.6 Å². The van der Waals surface area contributed by atoms with Crippen molar-refractivity contribution in [1.29, 1.82) is 0 Å². The Labute approximate surface area is 235 Å². The summed E-state index contributed by atoms with van der Waals surface area (Å²) < 4.78 is 26.4. The highest BCUT2D eigenvalue weighted by Gasteiger charge is 2.34. The van der Waals surface area contributed by atoms with E-state index in [0.717, 1.165) is 5.56 Å². The maximum atomic E-state index is 14.2. The van der Waals surface area contributed by atoms with Crippen molar-refractivity contribution >= 4 is 28.5 Å². The first-order valence-electron chi connectivity index (χ1n) is 13.1. The van der Waals surface area contributed by atoms with Gasteiger partial charge in [0.15, 0.2) is 11.5 Å². The van der Waals surface area contributed by atoms with Gasteiger partial charge in [-0.05, 0) is 47.5 Å². The molecular weight excluding hydrogens is 525 g/mol. The van der Waals surface area contributed by atoms with Gasteiger partial charge in [-0.3, -0.25) is 14.5 Å². The lowest BCUT2D eigenvalue weighted by Crippen LogP contribution is -2.45. The largest absolute Gasteiger partial charge is 0.486 e. The Kier molecular flexibility index (Phi) is 7.27. The molecule has 1 aromatic heterocycles. The molecule has 206 valence electrons. The Morgan fingerprint density at radius 1 is 0.902 bits per heavy atom. The van der Waals surface area contributed by atoms with E-state index < -0.39 is 11.9 Å². The van der Waals surface area contributed by atoms with E-state index in [9.17, 15) is 14.0 Å². The summed E-state index contributed by atoms with van der Waals surface area (Å²) in [5.41, 5.74) is 3.13. The molecule has 0 radical (unpaired) electrons. The zero-order valence-electron chi connectivity index (χ0n) is 21.9. The van der Waals surface area contributed by atoms with E-state index >= 15 is 0 Å². The third kappa shape index (κ3) is 5.58. The number of amides is 2. The fraction of sp³-hybridized carbons (Fsp3) is 0.161. The van der Waals surface area contributed by atoms with Crippen molar-refractivity contribution in [3.05, 3.63) is 114 Å². The van der Waals surface area contributed by atoms with Crippen LogP contribution in [0.1, 0.15) is 17.2 Å². The Bertz CT molecular complexity index is 1690. The van der Waals surface area contributed by atoms with Crippen molar-refractivity contribution < 1.29 is 23.5 Å². The van der Waals surface area contributed by atoms with E-state index in [0.29, 0.717) is 47.0 Å². The summed E-state index contributed by atoms with van der Waals surface area (Å²) in [6.45, 7) is 0.783. The van der Waals surface area contributed by atoms with Crippen LogP contribution in [0.4, 0.5) is 10.1 Å². The molecule has 1 atom stereocenters. The van der Waals surface area contributed by atoms with Gasteiger partial charge >= 0.3 is 0 Å². The van der Waals surface area contributed by atoms with Gasteiger partial charge in [-0.25, -0.2) is 9.07 Å². The Balaban J connectivity index is 1.40. The normalized spacial score (nSPS) is 13.0. The van der Waals surface area contributed by atoms with Gasteiger partial charge in [0.1, 0.15) is 37.1 Å². The van der Waals surface area contributed by atoms with Gasteiger partial charge in [-0.1, -0.05) is 59.8 Å². The van der Waals surface area contributed by atoms with Gasteiger partial charge in [0.2, 0.25) is 11.8 Å². The van der Waals surface area contributed by atoms with Gasteiger partial charge in [0.25, 0.3) is 0 Å². The predicted molar refractivity (Wildman–Crippen MR) is 150 cm³/mol. The number of rotatable bonds is 8. The maximum Gasteiger partial charge on any atom is 0.249 e. The highest BCUT2D eigenvalue weighted by atomic mass is 19.1. The van der Waals surface area contributed by atoms with Crippen LogP contribution in [0.25, 0.3) is 11.0 Å². The quantitative estimate of drug-likeness (QED) is 0.306. The number of aromatic nitrogens is 3. The number of benzene rings is 4. The van der Waals surface area contributed by atoms with E-state index in [-0.39, 0.29) is 24.8 Å². The fourth-order valence-electron chi connectivity index (χ4n) is 4.80. The second-order valence-electron chi connectivity index (χ2n) is 9.48. The molecular formula is C31H26FN5O4. The molecule has 0 aliphatic carbocycles. The minimum atomic E-state index is -1.04. The summed E-state index contributed by atoms with van der Waals surface area (Å²) >= 11 is 0. The highest BCUT2D eigenvalue weighted by Crippen LogP contribution is 2.37. The van der Waals surface area contributed by atoms with Gasteiger partial charge < -0.3 is 14.8 Å². The molecule has 0 bridgehead atoms. The Morgan fingerprint density at radius 3 is 2.44 bits per heavy atom. The van der Waals surface area contributed by atoms with Crippen LogP contribution in [-0.2, 0) is 22.7 Å². The van der Waals surface area contributed by atoms with Crippen LogP contribution in [0.3, 0.4) is 0 Å². The average molecular weight is 552 g/mol. The number of fused-ring (bicyclic) bond motifs is 2. The standard InChI is InChI=1S/C31H26FN5O4/c32-23-12-10-21(11-13-23)19-33-31(39)30(22-6-2-1-3-7-22)37(24-14-15-27-28(18-24)41-17-16-40-27)29(38)20-36-26-9-5-4-8-25(26)34-35-36/h1-15,18,30H,16-17,19-20H2,(H,33,39). The Hall–Kier alpha value is -5.25. The third-order valence-corrected chi connectivity index (χ3v) is 6.78. The number of nitrogens with one attached hydrogen (secondary N) is 1. The second kappa shape index (κ2) is 11.5. The number of hydrogen-bond donors (Lipinski definition) is 1. The zero-order chi connectivity index (χ0) is 28.2. The SMILES string of the molecule is O=C(NCc1ccc(F)cc1)C(c1ccccc1)N(C(=O)Cn1nnc2ccccc21)c1ccc2c(c1)OCCO2. The number of ether oxygens (including phenoxy) is 2. The number of anilines is 1. The third-order valence-electron chi connectivity index (χ3n) is 6.78. The first-order chi connectivity index (χ1) is 20.1. The van der Waals surface area contributed by atoms with E-state index in [2.05, 4.69) is 15.6 Å². The molecule has 5 aromatic rings. The maximum absolute atomic E-state index is 14.2. The monoisotopic (exact) mass is 551 g/mol. The molecule has 0 spiro atoms. The van der Waals surface area contributed by atoms with Gasteiger partial charge in [-0.15, -0.1) is 5.10 Å². The lowest BCUT2D eigenvalue weighted by atomic mass is 10.0. The van der Waals surface area contributed by atoms with E-state index in [1.54, 1.807) is 42.5 Å². The minimum absolute atomic E-state index is 0.152. The van der Waals surface area contributed by atoms with Crippen LogP contribution in [0.5, 0.6) is 11.5 Å². The number of para-hydroxylation sites is 1. The second-order valence-corrected chi connectivity index (χ2v) is 9.48. The number of nitrogens with zero attached hydrogens (tertiary/aromatic N) is 4. The van der Waals surface area contributed by atoms with Crippen LogP contribution < -0.4 is 19.7 Å². The average Bonchev–Trinajstić information content (AvgIpc) is 3.42. The number of halogens is 1. The van der Waals surface area contributed by atoms with Crippen molar-refractivity contribution in [1.82, 2.24) is 20.3 Å². The molecule has 2 amide bonds. The van der Waals surface area contributed by atoms with Crippen LogP contribution in [0, 0.1) is 5.82 Å². The van der Waals surface area contributed by atoms with Crippen LogP contribution in [0.2, 0.25) is 0 Å². The van der Waals surface area contributed by atoms with Crippen LogP contribution in [-0.4, -0.2) is 40.0 Å². The molecule has 1 N–H and O–H groups in total. The number of hydrogen-bond acceptors (Lipinski definition) is 6. The first-order valence-corrected chi connectivity index (χ1v) is 13.1. The van der Waals surface area contributed by atoms with Gasteiger partial charge in [0.05, 0.1) is 5.52 Å². The molecule has 9 nitrogen and oxygen atoms in total. The summed E-state index contributed by atoms with van der Waals surface area (Å²) in [6.07, 6.45) is 0. The zero-order valence-corrected chi connectivity index (χ0v) is 21.9. The van der Waals surface area contributed by atoms with Crippen molar-refractivity contribution in [2.45, 2.75) is 19.1 Å². The lowest BCUT2D eigenvalue weighted by Gasteiger charge is -2.32. The summed E-state index contributed by atoms with van der Waals surface area (Å²) in [6, 6.07) is 26.4. The highest BCUT2D eigenvalue weighted by molar-refractivity contribution is 6.01. The molecule has 1 aliphatic rings. The van der Waals surface area contributed by atoms with Gasteiger partial charge in [-0.2, -0.15) is 0 Å². The molecule has 41 heavy (non-hydrogen) atoms. The van der Waals surface area contributed by atoms with E-state index in [1.165, 1.54) is 21.7 Å². The molecule has 0 saturated carbocycles. The summed E-state index contributed by atoms with van der Waals surface area (Å²) in [5.74, 6) is -0.114. The molecule has 1 unspecified atom stereocenters. The molecule has 0 fully saturated rings. The van der Waals surface area contributed by atoms with Crippen LogP contribution >= 0.6 is 0 Å². The van der Waals surface area contributed by atoms with E-state index in [1.807, 2.05) is 42.5 Å². The summed E-state index contributed by atoms with van der Waals surface area (Å²) in [7, 11) is 0.